The molecule has 0 saturated heterocycles. The number of hydrogen-bond donors (Lipinski definition) is 0. The van der Waals surface area contributed by atoms with Crippen LogP contribution in [0.25, 0.3) is 0 Å². The highest BCUT2D eigenvalue weighted by atomic mass is 127. The molecule has 0 fully saturated rings. The summed E-state index contributed by atoms with van der Waals surface area (Å²) in [6, 6.07) is 12.2. The summed E-state index contributed by atoms with van der Waals surface area (Å²) >= 11 is 1.91. The highest BCUT2D eigenvalue weighted by Crippen LogP contribution is 2.22. The van der Waals surface area contributed by atoms with Gasteiger partial charge in [-0.3, -0.25) is 4.98 Å². The molecule has 1 aromatic heterocycles. The molecule has 0 atom stereocenters. The lowest BCUT2D eigenvalue weighted by Gasteiger charge is -2.06. The van der Waals surface area contributed by atoms with E-state index < -0.39 is 0 Å². The Morgan fingerprint density at radius 2 is 2.00 bits per heavy atom. The van der Waals surface area contributed by atoms with Gasteiger partial charge in [0.2, 0.25) is 0 Å². The molecule has 1 heterocycles. The minimum atomic E-state index is 0.805. The first-order valence-corrected chi connectivity index (χ1v) is 5.95. The third kappa shape index (κ3) is 2.72. The van der Waals surface area contributed by atoms with Crippen molar-refractivity contribution in [3.8, 4) is 5.75 Å². The second-order valence-corrected chi connectivity index (χ2v) is 4.13. The van der Waals surface area contributed by atoms with Crippen LogP contribution in [0.15, 0.2) is 42.6 Å². The van der Waals surface area contributed by atoms with E-state index in [0.717, 1.165) is 23.4 Å². The molecule has 3 heteroatoms. The van der Waals surface area contributed by atoms with Gasteiger partial charge in [0, 0.05) is 23.9 Å². The van der Waals surface area contributed by atoms with Crippen molar-refractivity contribution in [3.05, 3.63) is 59.4 Å². The monoisotopic (exact) mass is 325 g/mol. The van der Waals surface area contributed by atoms with Crippen LogP contribution in [0, 0.1) is 6.92 Å². The summed E-state index contributed by atoms with van der Waals surface area (Å²) < 4.78 is 5.28. The van der Waals surface area contributed by atoms with Crippen LogP contribution in [0.5, 0.6) is 5.75 Å². The minimum absolute atomic E-state index is 0.805. The van der Waals surface area contributed by atoms with Crippen LogP contribution in [0.3, 0.4) is 0 Å². The van der Waals surface area contributed by atoms with Crippen LogP contribution in [-0.2, 0) is 6.42 Å². The second-order valence-electron chi connectivity index (χ2n) is 3.69. The molecule has 2 nitrogen and oxygen atoms in total. The number of rotatable bonds is 3. The second kappa shape index (κ2) is 5.30. The smallest absolute Gasteiger partial charge is 0.192 e. The van der Waals surface area contributed by atoms with Gasteiger partial charge in [-0.15, -0.1) is 0 Å². The molecule has 1 aromatic carbocycles. The molecule has 0 aliphatic carbocycles. The first-order chi connectivity index (χ1) is 7.79. The topological polar surface area (TPSA) is 22.1 Å². The fourth-order valence-corrected chi connectivity index (χ4v) is 1.95. The third-order valence-corrected chi connectivity index (χ3v) is 2.87. The molecule has 0 bridgehead atoms. The lowest BCUT2D eigenvalue weighted by atomic mass is 10.1. The molecule has 82 valence electrons. The fourth-order valence-electron chi connectivity index (χ4n) is 1.52. The number of aryl methyl sites for hydroxylation is 1. The van der Waals surface area contributed by atoms with Crippen LogP contribution in [0.4, 0.5) is 0 Å². The molecule has 0 aliphatic rings. The summed E-state index contributed by atoms with van der Waals surface area (Å²) in [5.74, 6) is 0.908. The van der Waals surface area contributed by atoms with Gasteiger partial charge in [0.25, 0.3) is 0 Å². The van der Waals surface area contributed by atoms with Gasteiger partial charge in [-0.25, -0.2) is 0 Å². The van der Waals surface area contributed by atoms with E-state index in [1.807, 2.05) is 54.3 Å². The number of nitrogens with zero attached hydrogens (tertiary/aromatic N) is 1. The van der Waals surface area contributed by atoms with Crippen LogP contribution < -0.4 is 3.07 Å². The average molecular weight is 325 g/mol. The zero-order valence-corrected chi connectivity index (χ0v) is 11.1. The lowest BCUT2D eigenvalue weighted by Crippen LogP contribution is -1.93. The fraction of sp³-hybridized carbons (Fsp3) is 0.154. The van der Waals surface area contributed by atoms with Crippen molar-refractivity contribution in [3.63, 3.8) is 0 Å². The molecule has 2 aromatic rings. The van der Waals surface area contributed by atoms with Gasteiger partial charge in [-0.05, 0) is 24.6 Å². The first kappa shape index (κ1) is 11.4. The Morgan fingerprint density at radius 1 is 1.19 bits per heavy atom. The number of pyridine rings is 1. The molecule has 0 saturated carbocycles. The van der Waals surface area contributed by atoms with Crippen molar-refractivity contribution in [1.82, 2.24) is 4.98 Å². The van der Waals surface area contributed by atoms with Gasteiger partial charge in [-0.2, -0.15) is 0 Å². The Morgan fingerprint density at radius 3 is 2.69 bits per heavy atom. The average Bonchev–Trinajstić information content (AvgIpc) is 2.33. The van der Waals surface area contributed by atoms with Gasteiger partial charge < -0.3 is 3.07 Å². The van der Waals surface area contributed by atoms with Crippen molar-refractivity contribution >= 4 is 23.0 Å². The molecule has 0 N–H and O–H groups in total. The Kier molecular flexibility index (Phi) is 3.77. The summed E-state index contributed by atoms with van der Waals surface area (Å²) in [6.07, 6.45) is 2.70. The summed E-state index contributed by atoms with van der Waals surface area (Å²) in [4.78, 5) is 4.39. The molecule has 0 amide bonds. The van der Waals surface area contributed by atoms with Crippen LogP contribution in [0.1, 0.15) is 16.8 Å². The van der Waals surface area contributed by atoms with Crippen molar-refractivity contribution < 1.29 is 3.07 Å². The van der Waals surface area contributed by atoms with E-state index >= 15 is 0 Å². The Hall–Kier alpha value is -1.10. The van der Waals surface area contributed by atoms with Crippen LogP contribution in [0.2, 0.25) is 0 Å². The van der Waals surface area contributed by atoms with Gasteiger partial charge in [0.1, 0.15) is 5.75 Å². The van der Waals surface area contributed by atoms with Crippen molar-refractivity contribution in [2.45, 2.75) is 13.3 Å². The van der Waals surface area contributed by atoms with Gasteiger partial charge in [-0.1, -0.05) is 24.3 Å². The van der Waals surface area contributed by atoms with Crippen LogP contribution in [-0.4, -0.2) is 4.98 Å². The SMILES string of the molecule is Cc1ccc(Cc2ccccc2OI)nc1. The normalized spacial score (nSPS) is 10.1. The molecule has 0 aliphatic heterocycles. The van der Waals surface area contributed by atoms with Crippen molar-refractivity contribution in [2.24, 2.45) is 0 Å². The first-order valence-electron chi connectivity index (χ1n) is 5.07. The number of halogens is 1. The highest BCUT2D eigenvalue weighted by molar-refractivity contribution is 14.1. The predicted molar refractivity (Wildman–Crippen MR) is 72.9 cm³/mol. The van der Waals surface area contributed by atoms with E-state index in [2.05, 4.69) is 23.2 Å². The Bertz CT molecular complexity index is 468. The van der Waals surface area contributed by atoms with E-state index in [-0.39, 0.29) is 0 Å². The zero-order chi connectivity index (χ0) is 11.4. The summed E-state index contributed by atoms with van der Waals surface area (Å²) in [7, 11) is 0. The molecule has 0 spiro atoms. The largest absolute Gasteiger partial charge is 0.427 e. The van der Waals surface area contributed by atoms with Gasteiger partial charge >= 0.3 is 0 Å². The van der Waals surface area contributed by atoms with E-state index in [1.54, 1.807) is 0 Å². The number of para-hydroxylation sites is 1. The van der Waals surface area contributed by atoms with E-state index in [1.165, 1.54) is 5.56 Å². The molecule has 0 unspecified atom stereocenters. The minimum Gasteiger partial charge on any atom is -0.427 e. The Labute approximate surface area is 109 Å². The van der Waals surface area contributed by atoms with Crippen molar-refractivity contribution in [1.29, 1.82) is 0 Å². The maximum atomic E-state index is 5.28. The lowest BCUT2D eigenvalue weighted by molar-refractivity contribution is 0.703. The summed E-state index contributed by atoms with van der Waals surface area (Å²) in [6.45, 7) is 2.04. The summed E-state index contributed by atoms with van der Waals surface area (Å²) in [5.41, 5.74) is 3.40. The predicted octanol–water partition coefficient (Wildman–Crippen LogP) is 3.71. The zero-order valence-electron chi connectivity index (χ0n) is 8.98. The highest BCUT2D eigenvalue weighted by Gasteiger charge is 2.04. The Balaban J connectivity index is 2.23. The number of benzene rings is 1. The molecule has 0 radical (unpaired) electrons. The maximum absolute atomic E-state index is 5.28. The van der Waals surface area contributed by atoms with Gasteiger partial charge in [0.15, 0.2) is 23.0 Å². The molecular formula is C13H12INO. The third-order valence-electron chi connectivity index (χ3n) is 2.40. The number of aromatic nitrogens is 1. The van der Waals surface area contributed by atoms with E-state index in [4.69, 9.17) is 3.07 Å². The standard InChI is InChI=1S/C13H12INO/c1-10-6-7-12(15-9-10)8-11-4-2-3-5-13(11)16-14/h2-7,9H,8H2,1H3. The van der Waals surface area contributed by atoms with Crippen molar-refractivity contribution in [2.75, 3.05) is 0 Å². The van der Waals surface area contributed by atoms with Gasteiger partial charge in [0.05, 0.1) is 0 Å². The number of hydrogen-bond acceptors (Lipinski definition) is 2. The van der Waals surface area contributed by atoms with E-state index in [9.17, 15) is 0 Å². The maximum Gasteiger partial charge on any atom is 0.192 e. The molecule has 2 rings (SSSR count). The molecular weight excluding hydrogens is 313 g/mol. The summed E-state index contributed by atoms with van der Waals surface area (Å²) in [5, 5.41) is 0. The molecule has 16 heavy (non-hydrogen) atoms. The van der Waals surface area contributed by atoms with Crippen LogP contribution >= 0.6 is 23.0 Å². The van der Waals surface area contributed by atoms with E-state index in [0.29, 0.717) is 0 Å². The quantitative estimate of drug-likeness (QED) is 0.803.